The van der Waals surface area contributed by atoms with Crippen molar-refractivity contribution in [3.05, 3.63) is 59.2 Å². The fraction of sp³-hybridized carbons (Fsp3) is 0.435. The number of hydrogen-bond donors (Lipinski definition) is 2. The lowest BCUT2D eigenvalue weighted by Gasteiger charge is -2.31. The maximum Gasteiger partial charge on any atom is 0.256 e. The van der Waals surface area contributed by atoms with Gasteiger partial charge >= 0.3 is 0 Å². The third kappa shape index (κ3) is 3.59. The number of pyridine rings is 1. The van der Waals surface area contributed by atoms with E-state index in [9.17, 15) is 4.79 Å². The second-order valence-electron chi connectivity index (χ2n) is 8.30. The zero-order chi connectivity index (χ0) is 20.5. The monoisotopic (exact) mass is 404 g/mol. The number of nitrogens with zero attached hydrogens (tertiary/aromatic N) is 4. The van der Waals surface area contributed by atoms with Crippen molar-refractivity contribution in [3.63, 3.8) is 0 Å². The van der Waals surface area contributed by atoms with Crippen LogP contribution in [-0.4, -0.2) is 63.9 Å². The topological polar surface area (TPSA) is 77.2 Å². The summed E-state index contributed by atoms with van der Waals surface area (Å²) in [5, 5.41) is 3.30. The van der Waals surface area contributed by atoms with Gasteiger partial charge in [0.25, 0.3) is 5.91 Å². The molecule has 1 aliphatic heterocycles. The maximum absolute atomic E-state index is 13.1. The van der Waals surface area contributed by atoms with Crippen molar-refractivity contribution in [1.82, 2.24) is 30.1 Å². The molecule has 7 nitrogen and oxygen atoms in total. The van der Waals surface area contributed by atoms with Gasteiger partial charge in [0.2, 0.25) is 0 Å². The number of para-hydroxylation sites is 1. The minimum atomic E-state index is 0.0797. The van der Waals surface area contributed by atoms with Gasteiger partial charge < -0.3 is 15.2 Å². The molecule has 1 aromatic carbocycles. The van der Waals surface area contributed by atoms with Gasteiger partial charge in [0.1, 0.15) is 5.82 Å². The number of aromatic amines is 1. The summed E-state index contributed by atoms with van der Waals surface area (Å²) >= 11 is 0. The Bertz CT molecular complexity index is 1050. The molecule has 2 N–H and O–H groups in total. The number of piperazine rings is 1. The number of hydrogen-bond acceptors (Lipinski definition) is 5. The van der Waals surface area contributed by atoms with Crippen molar-refractivity contribution < 1.29 is 4.79 Å². The Morgan fingerprint density at radius 2 is 2.10 bits per heavy atom. The van der Waals surface area contributed by atoms with E-state index in [4.69, 9.17) is 4.98 Å². The van der Waals surface area contributed by atoms with Crippen LogP contribution in [0.3, 0.4) is 0 Å². The highest BCUT2D eigenvalue weighted by Gasteiger charge is 2.26. The molecule has 3 heterocycles. The molecule has 2 aromatic heterocycles. The van der Waals surface area contributed by atoms with Gasteiger partial charge in [0.15, 0.2) is 0 Å². The Balaban J connectivity index is 1.39. The fourth-order valence-electron chi connectivity index (χ4n) is 4.73. The van der Waals surface area contributed by atoms with E-state index in [-0.39, 0.29) is 5.91 Å². The summed E-state index contributed by atoms with van der Waals surface area (Å²) in [7, 11) is 2.13. The Hall–Kier alpha value is -2.77. The van der Waals surface area contributed by atoms with E-state index in [2.05, 4.69) is 33.3 Å². The molecule has 156 valence electrons. The summed E-state index contributed by atoms with van der Waals surface area (Å²) in [4.78, 5) is 30.2. The van der Waals surface area contributed by atoms with Crippen molar-refractivity contribution in [3.8, 4) is 0 Å². The van der Waals surface area contributed by atoms with Crippen molar-refractivity contribution in [2.24, 2.45) is 0 Å². The van der Waals surface area contributed by atoms with Crippen LogP contribution in [0.15, 0.2) is 36.5 Å². The summed E-state index contributed by atoms with van der Waals surface area (Å²) in [6.07, 6.45) is 5.28. The van der Waals surface area contributed by atoms with Crippen LogP contribution in [0.5, 0.6) is 0 Å². The van der Waals surface area contributed by atoms with Crippen LogP contribution in [0.25, 0.3) is 11.0 Å². The first-order valence-corrected chi connectivity index (χ1v) is 10.8. The summed E-state index contributed by atoms with van der Waals surface area (Å²) < 4.78 is 0. The molecule has 5 rings (SSSR count). The van der Waals surface area contributed by atoms with Crippen molar-refractivity contribution in [2.45, 2.75) is 31.8 Å². The summed E-state index contributed by atoms with van der Waals surface area (Å²) in [6.45, 7) is 3.87. The first kappa shape index (κ1) is 19.2. The third-order valence-electron chi connectivity index (χ3n) is 6.30. The zero-order valence-electron chi connectivity index (χ0n) is 17.4. The highest BCUT2D eigenvalue weighted by Crippen LogP contribution is 2.32. The zero-order valence-corrected chi connectivity index (χ0v) is 17.4. The molecule has 0 saturated carbocycles. The smallest absolute Gasteiger partial charge is 0.256 e. The molecule has 0 spiro atoms. The Labute approximate surface area is 176 Å². The van der Waals surface area contributed by atoms with E-state index < -0.39 is 0 Å². The molecule has 0 radical (unpaired) electrons. The Morgan fingerprint density at radius 3 is 2.97 bits per heavy atom. The van der Waals surface area contributed by atoms with E-state index in [0.29, 0.717) is 18.2 Å². The molecular weight excluding hydrogens is 376 g/mol. The maximum atomic E-state index is 13.1. The lowest BCUT2D eigenvalue weighted by molar-refractivity contribution is 0.0737. The average Bonchev–Trinajstić information content (AvgIpc) is 3.21. The quantitative estimate of drug-likeness (QED) is 0.699. The van der Waals surface area contributed by atoms with Crippen LogP contribution in [-0.2, 0) is 13.0 Å². The van der Waals surface area contributed by atoms with Gasteiger partial charge in [-0.25, -0.2) is 4.98 Å². The van der Waals surface area contributed by atoms with Gasteiger partial charge in [-0.1, -0.05) is 12.1 Å². The predicted molar refractivity (Wildman–Crippen MR) is 116 cm³/mol. The number of carbonyl (C=O) groups is 1. The molecule has 1 saturated heterocycles. The van der Waals surface area contributed by atoms with Crippen LogP contribution in [0, 0.1) is 0 Å². The highest BCUT2D eigenvalue weighted by molar-refractivity contribution is 6.04. The van der Waals surface area contributed by atoms with Gasteiger partial charge in [-0.15, -0.1) is 0 Å². The minimum absolute atomic E-state index is 0.0797. The van der Waals surface area contributed by atoms with Crippen LogP contribution in [0.1, 0.15) is 46.3 Å². The van der Waals surface area contributed by atoms with E-state index in [1.54, 1.807) is 0 Å². The van der Waals surface area contributed by atoms with Gasteiger partial charge in [-0.2, -0.15) is 0 Å². The van der Waals surface area contributed by atoms with Crippen LogP contribution < -0.4 is 5.32 Å². The van der Waals surface area contributed by atoms with E-state index in [1.807, 2.05) is 35.4 Å². The minimum Gasteiger partial charge on any atom is -0.340 e. The van der Waals surface area contributed by atoms with Gasteiger partial charge in [-0.05, 0) is 50.1 Å². The number of fused-ring (bicyclic) bond motifs is 2. The van der Waals surface area contributed by atoms with Crippen LogP contribution >= 0.6 is 0 Å². The third-order valence-corrected chi connectivity index (χ3v) is 6.30. The first-order valence-electron chi connectivity index (χ1n) is 10.8. The van der Waals surface area contributed by atoms with Crippen LogP contribution in [0.2, 0.25) is 0 Å². The number of rotatable bonds is 4. The summed E-state index contributed by atoms with van der Waals surface area (Å²) in [6, 6.07) is 10.3. The number of aryl methyl sites for hydroxylation is 1. The van der Waals surface area contributed by atoms with E-state index in [0.717, 1.165) is 55.9 Å². The van der Waals surface area contributed by atoms with E-state index >= 15 is 0 Å². The van der Waals surface area contributed by atoms with Crippen LogP contribution in [0.4, 0.5) is 0 Å². The molecule has 2 aliphatic rings. The molecule has 3 aromatic rings. The molecule has 1 atom stereocenters. The number of amides is 1. The second kappa shape index (κ2) is 8.16. The summed E-state index contributed by atoms with van der Waals surface area (Å²) in [5.41, 5.74) is 4.94. The molecule has 1 fully saturated rings. The van der Waals surface area contributed by atoms with Crippen molar-refractivity contribution >= 4 is 16.9 Å². The average molecular weight is 405 g/mol. The molecule has 0 bridgehead atoms. The first-order chi connectivity index (χ1) is 14.7. The molecular formula is C23H28N6O. The number of H-pyrrole nitrogens is 1. The lowest BCUT2D eigenvalue weighted by Crippen LogP contribution is -2.46. The number of carbonyl (C=O) groups excluding carboxylic acids is 1. The lowest BCUT2D eigenvalue weighted by atomic mass is 9.91. The molecule has 1 amide bonds. The van der Waals surface area contributed by atoms with Gasteiger partial charge in [0, 0.05) is 32.4 Å². The predicted octanol–water partition coefficient (Wildman–Crippen LogP) is 2.51. The SMILES string of the molecule is CN(Cc1nc2cccc(C(=O)N3CCNCC3)c2[nH]1)C1CCCc2cccnc21. The fourth-order valence-corrected chi connectivity index (χ4v) is 4.73. The largest absolute Gasteiger partial charge is 0.340 e. The number of aromatic nitrogens is 3. The standard InChI is InChI=1S/C23H28N6O/c1-28(19-9-2-5-16-6-4-10-25-21(16)19)15-20-26-18-8-3-7-17(22(18)27-20)23(30)29-13-11-24-12-14-29/h3-4,6-8,10,19,24H,2,5,9,11-15H2,1H3,(H,26,27). The van der Waals surface area contributed by atoms with Crippen molar-refractivity contribution in [2.75, 3.05) is 33.2 Å². The summed E-state index contributed by atoms with van der Waals surface area (Å²) in [5.74, 6) is 0.965. The van der Waals surface area contributed by atoms with Gasteiger partial charge in [0.05, 0.1) is 34.9 Å². The van der Waals surface area contributed by atoms with E-state index in [1.165, 1.54) is 17.7 Å². The molecule has 1 unspecified atom stereocenters. The van der Waals surface area contributed by atoms with Gasteiger partial charge in [-0.3, -0.25) is 14.7 Å². The Morgan fingerprint density at radius 1 is 1.23 bits per heavy atom. The number of nitrogens with one attached hydrogen (secondary N) is 2. The molecule has 1 aliphatic carbocycles. The number of benzene rings is 1. The Kier molecular flexibility index (Phi) is 5.23. The number of imidazole rings is 1. The molecule has 7 heteroatoms. The highest BCUT2D eigenvalue weighted by atomic mass is 16.2. The normalized spacial score (nSPS) is 19.3. The molecule has 30 heavy (non-hydrogen) atoms. The second-order valence-corrected chi connectivity index (χ2v) is 8.30. The van der Waals surface area contributed by atoms with Crippen molar-refractivity contribution in [1.29, 1.82) is 0 Å².